The first-order valence-electron chi connectivity index (χ1n) is 13.6. The quantitative estimate of drug-likeness (QED) is 0.386. The van der Waals surface area contributed by atoms with Gasteiger partial charge in [-0.1, -0.05) is 38.2 Å². The maximum atomic E-state index is 14.3. The Bertz CT molecular complexity index is 781. The van der Waals surface area contributed by atoms with Crippen LogP contribution >= 0.6 is 0 Å². The zero-order valence-electron chi connectivity index (χ0n) is 21.7. The standard InChI is InChI=1S/C28H46FN3O3/c1-21-15-24(18-25(29)16-21)28(34,12-6-7-14-35-2)23-11-8-13-32(20-23)27(33)31-26(19-30)17-22-9-4-3-5-10-22/h15-16,18,22-23,26,34H,3-14,17,19-20,30H2,1-2H3,(H,31,33)/t23-,26+,28+/m1/s1. The Morgan fingerprint density at radius 3 is 2.69 bits per heavy atom. The fraction of sp³-hybridized carbons (Fsp3) is 0.750. The van der Waals surface area contributed by atoms with Crippen LogP contribution in [0.15, 0.2) is 18.2 Å². The third kappa shape index (κ3) is 7.89. The molecule has 1 saturated carbocycles. The molecule has 2 aliphatic rings. The number of nitrogens with zero attached hydrogens (tertiary/aromatic N) is 1. The van der Waals surface area contributed by atoms with Crippen molar-refractivity contribution in [1.29, 1.82) is 0 Å². The number of rotatable bonds is 11. The number of methoxy groups -OCH3 is 1. The number of carbonyl (C=O) groups is 1. The lowest BCUT2D eigenvalue weighted by Crippen LogP contribution is -2.53. The van der Waals surface area contributed by atoms with Gasteiger partial charge >= 0.3 is 6.03 Å². The van der Waals surface area contributed by atoms with Gasteiger partial charge in [-0.2, -0.15) is 0 Å². The lowest BCUT2D eigenvalue weighted by atomic mass is 9.74. The summed E-state index contributed by atoms with van der Waals surface area (Å²) in [6.45, 7) is 4.01. The van der Waals surface area contributed by atoms with Crippen LogP contribution in [0.25, 0.3) is 0 Å². The van der Waals surface area contributed by atoms with Gasteiger partial charge in [0, 0.05) is 45.3 Å². The van der Waals surface area contributed by atoms with Crippen LogP contribution < -0.4 is 11.1 Å². The zero-order valence-corrected chi connectivity index (χ0v) is 21.7. The molecule has 3 rings (SSSR count). The smallest absolute Gasteiger partial charge is 0.317 e. The van der Waals surface area contributed by atoms with Gasteiger partial charge in [0.05, 0.1) is 5.60 Å². The molecule has 0 bridgehead atoms. The molecule has 0 spiro atoms. The Morgan fingerprint density at radius 2 is 2.00 bits per heavy atom. The molecule has 4 N–H and O–H groups in total. The number of hydrogen-bond donors (Lipinski definition) is 3. The summed E-state index contributed by atoms with van der Waals surface area (Å²) in [5, 5.41) is 15.2. The highest BCUT2D eigenvalue weighted by molar-refractivity contribution is 5.74. The van der Waals surface area contributed by atoms with Crippen molar-refractivity contribution in [2.24, 2.45) is 17.6 Å². The average Bonchev–Trinajstić information content (AvgIpc) is 2.86. The van der Waals surface area contributed by atoms with E-state index in [1.54, 1.807) is 7.11 Å². The van der Waals surface area contributed by atoms with Crippen LogP contribution in [0.5, 0.6) is 0 Å². The maximum absolute atomic E-state index is 14.3. The number of benzene rings is 1. The van der Waals surface area contributed by atoms with Gasteiger partial charge in [-0.05, 0) is 74.6 Å². The molecule has 2 amide bonds. The highest BCUT2D eigenvalue weighted by Gasteiger charge is 2.41. The van der Waals surface area contributed by atoms with E-state index in [4.69, 9.17) is 10.5 Å². The normalized spacial score (nSPS) is 22.0. The molecular weight excluding hydrogens is 445 g/mol. The fourth-order valence-electron chi connectivity index (χ4n) is 6.07. The predicted octanol–water partition coefficient (Wildman–Crippen LogP) is 4.86. The lowest BCUT2D eigenvalue weighted by Gasteiger charge is -2.43. The number of nitrogens with two attached hydrogens (primary N) is 1. The van der Waals surface area contributed by atoms with Crippen LogP contribution in [0.2, 0.25) is 0 Å². The van der Waals surface area contributed by atoms with Gasteiger partial charge in [-0.3, -0.25) is 0 Å². The Labute approximate surface area is 210 Å². The largest absolute Gasteiger partial charge is 0.385 e. The van der Waals surface area contributed by atoms with E-state index in [9.17, 15) is 14.3 Å². The Balaban J connectivity index is 1.70. The summed E-state index contributed by atoms with van der Waals surface area (Å²) in [6.07, 6.45) is 10.9. The Morgan fingerprint density at radius 1 is 1.23 bits per heavy atom. The lowest BCUT2D eigenvalue weighted by molar-refractivity contribution is -0.0566. The number of carbonyl (C=O) groups excluding carboxylic acids is 1. The number of unbranched alkanes of at least 4 members (excludes halogenated alkanes) is 1. The molecule has 1 heterocycles. The minimum Gasteiger partial charge on any atom is -0.385 e. The number of ether oxygens (including phenoxy) is 1. The first-order valence-corrected chi connectivity index (χ1v) is 13.6. The Hall–Kier alpha value is -1.70. The molecule has 6 nitrogen and oxygen atoms in total. The molecule has 1 saturated heterocycles. The Kier molecular flexibility index (Phi) is 10.8. The number of aliphatic hydroxyl groups is 1. The average molecular weight is 492 g/mol. The summed E-state index contributed by atoms with van der Waals surface area (Å²) in [7, 11) is 1.67. The molecule has 1 aliphatic carbocycles. The molecule has 7 heteroatoms. The molecule has 0 radical (unpaired) electrons. The number of urea groups is 1. The van der Waals surface area contributed by atoms with Crippen molar-refractivity contribution in [3.05, 3.63) is 35.1 Å². The van der Waals surface area contributed by atoms with E-state index < -0.39 is 5.60 Å². The van der Waals surface area contributed by atoms with Crippen LogP contribution in [-0.4, -0.2) is 55.4 Å². The maximum Gasteiger partial charge on any atom is 0.317 e. The second kappa shape index (κ2) is 13.6. The van der Waals surface area contributed by atoms with Crippen LogP contribution in [0.3, 0.4) is 0 Å². The van der Waals surface area contributed by atoms with Crippen molar-refractivity contribution in [1.82, 2.24) is 10.2 Å². The SMILES string of the molecule is COCCCC[C@@](O)(c1cc(C)cc(F)c1)[C@@H]1CCCN(C(=O)N[C@H](CN)CC2CCCCC2)C1. The molecule has 1 aromatic carbocycles. The van der Waals surface area contributed by atoms with Gasteiger partial charge in [0.15, 0.2) is 0 Å². The number of hydrogen-bond acceptors (Lipinski definition) is 4. The molecule has 0 unspecified atom stereocenters. The number of amides is 2. The van der Waals surface area contributed by atoms with Gasteiger partial charge in [0.25, 0.3) is 0 Å². The van der Waals surface area contributed by atoms with Crippen molar-refractivity contribution in [2.75, 3.05) is 33.4 Å². The van der Waals surface area contributed by atoms with E-state index in [1.165, 1.54) is 44.2 Å². The minimum atomic E-state index is -1.20. The van der Waals surface area contributed by atoms with E-state index in [0.717, 1.165) is 37.7 Å². The highest BCUT2D eigenvalue weighted by atomic mass is 19.1. The van der Waals surface area contributed by atoms with E-state index in [1.807, 2.05) is 17.9 Å². The van der Waals surface area contributed by atoms with E-state index >= 15 is 0 Å². The first-order chi connectivity index (χ1) is 16.9. The minimum absolute atomic E-state index is 0.0234. The molecule has 2 fully saturated rings. The van der Waals surface area contributed by atoms with Crippen LogP contribution in [0.1, 0.15) is 81.8 Å². The van der Waals surface area contributed by atoms with Crippen LogP contribution in [0.4, 0.5) is 9.18 Å². The number of halogens is 1. The molecule has 1 aromatic rings. The summed E-state index contributed by atoms with van der Waals surface area (Å²) in [4.78, 5) is 15.1. The van der Waals surface area contributed by atoms with Crippen molar-refractivity contribution in [3.63, 3.8) is 0 Å². The first kappa shape index (κ1) is 27.9. The van der Waals surface area contributed by atoms with E-state index in [-0.39, 0.29) is 23.8 Å². The summed E-state index contributed by atoms with van der Waals surface area (Å²) >= 11 is 0. The van der Waals surface area contributed by atoms with E-state index in [0.29, 0.717) is 44.1 Å². The highest BCUT2D eigenvalue weighted by Crippen LogP contribution is 2.40. The zero-order chi connectivity index (χ0) is 25.3. The summed E-state index contributed by atoms with van der Waals surface area (Å²) in [6, 6.07) is 4.70. The van der Waals surface area contributed by atoms with Gasteiger partial charge in [-0.25, -0.2) is 9.18 Å². The fourth-order valence-corrected chi connectivity index (χ4v) is 6.07. The molecule has 0 aromatic heterocycles. The van der Waals surface area contributed by atoms with Crippen LogP contribution in [0, 0.1) is 24.6 Å². The molecule has 198 valence electrons. The second-order valence-electron chi connectivity index (χ2n) is 10.8. The summed E-state index contributed by atoms with van der Waals surface area (Å²) < 4.78 is 19.5. The number of aryl methyl sites for hydroxylation is 1. The summed E-state index contributed by atoms with van der Waals surface area (Å²) in [5.74, 6) is 0.134. The molecule has 3 atom stereocenters. The van der Waals surface area contributed by atoms with Gasteiger partial charge in [-0.15, -0.1) is 0 Å². The number of likely N-dealkylation sites (tertiary alicyclic amines) is 1. The monoisotopic (exact) mass is 491 g/mol. The third-order valence-electron chi connectivity index (χ3n) is 8.04. The second-order valence-corrected chi connectivity index (χ2v) is 10.8. The molecular formula is C28H46FN3O3. The predicted molar refractivity (Wildman–Crippen MR) is 138 cm³/mol. The van der Waals surface area contributed by atoms with Gasteiger partial charge in [0.2, 0.25) is 0 Å². The van der Waals surface area contributed by atoms with Crippen molar-refractivity contribution >= 4 is 6.03 Å². The number of piperidine rings is 1. The van der Waals surface area contributed by atoms with Gasteiger partial charge < -0.3 is 25.8 Å². The van der Waals surface area contributed by atoms with Gasteiger partial charge in [0.1, 0.15) is 5.82 Å². The van der Waals surface area contributed by atoms with E-state index in [2.05, 4.69) is 5.32 Å². The summed E-state index contributed by atoms with van der Waals surface area (Å²) in [5.41, 5.74) is 6.22. The van der Waals surface area contributed by atoms with Crippen molar-refractivity contribution < 1.29 is 19.0 Å². The van der Waals surface area contributed by atoms with Crippen LogP contribution in [-0.2, 0) is 10.3 Å². The third-order valence-corrected chi connectivity index (χ3v) is 8.04. The van der Waals surface area contributed by atoms with Crippen molar-refractivity contribution in [2.45, 2.75) is 89.2 Å². The molecule has 1 aliphatic heterocycles. The number of nitrogens with one attached hydrogen (secondary N) is 1. The topological polar surface area (TPSA) is 87.8 Å². The molecule has 35 heavy (non-hydrogen) atoms. The van der Waals surface area contributed by atoms with Crippen molar-refractivity contribution in [3.8, 4) is 0 Å².